The zero-order valence-corrected chi connectivity index (χ0v) is 8.30. The van der Waals surface area contributed by atoms with Crippen LogP contribution in [0.5, 0.6) is 0 Å². The molecule has 0 rings (SSSR count). The van der Waals surface area contributed by atoms with E-state index in [1.54, 1.807) is 0 Å². The van der Waals surface area contributed by atoms with Gasteiger partial charge in [0.15, 0.2) is 0 Å². The summed E-state index contributed by atoms with van der Waals surface area (Å²) < 4.78 is 3.62. The molecule has 5 heteroatoms. The third-order valence-corrected chi connectivity index (χ3v) is 0.426. The molecule has 0 atom stereocenters. The van der Waals surface area contributed by atoms with Crippen LogP contribution < -0.4 is 51.4 Å². The molecule has 0 fully saturated rings. The maximum absolute atomic E-state index is 9.95. The zero-order chi connectivity index (χ0) is 6.57. The van der Waals surface area contributed by atoms with Crippen molar-refractivity contribution in [1.29, 1.82) is 5.26 Å². The molecule has 0 bridgehead atoms. The van der Waals surface area contributed by atoms with Gasteiger partial charge in [-0.1, -0.05) is 0 Å². The second-order valence-electron chi connectivity index (χ2n) is 1.04. The summed E-state index contributed by atoms with van der Waals surface area (Å²) in [5.41, 5.74) is 0. The Balaban J connectivity index is -0.000000245. The van der Waals surface area contributed by atoms with E-state index in [9.17, 15) is 9.59 Å². The smallest absolute Gasteiger partial charge is 1.00 e. The summed E-state index contributed by atoms with van der Waals surface area (Å²) in [5, 5.41) is 7.64. The maximum Gasteiger partial charge on any atom is 1.00 e. The Morgan fingerprint density at radius 1 is 1.67 bits per heavy atom. The van der Waals surface area contributed by atoms with E-state index in [1.165, 1.54) is 0 Å². The number of esters is 1. The molecule has 0 N–H and O–H groups in total. The van der Waals surface area contributed by atoms with Crippen molar-refractivity contribution in [2.24, 2.45) is 0 Å². The standard InChI is InChI=1S/C4H3NO3.K.H/c1-3(6)4(7)8-2-5;;/h1H3;;/q;+1;-1. The quantitative estimate of drug-likeness (QED) is 0.171. The number of nitrogens with zero attached hydrogens (tertiary/aromatic N) is 1. The summed E-state index contributed by atoms with van der Waals surface area (Å²) in [4.78, 5) is 19.9. The Kier molecular flexibility index (Phi) is 8.51. The summed E-state index contributed by atoms with van der Waals surface area (Å²) >= 11 is 0. The largest absolute Gasteiger partial charge is 1.00 e. The molecule has 0 heterocycles. The van der Waals surface area contributed by atoms with Crippen LogP contribution in [-0.4, -0.2) is 11.8 Å². The number of hydrogen-bond acceptors (Lipinski definition) is 4. The number of Topliss-reactive ketones (excluding diaryl/α,β-unsaturated/α-hetero) is 1. The third-order valence-electron chi connectivity index (χ3n) is 0.426. The van der Waals surface area contributed by atoms with Gasteiger partial charge in [-0.25, -0.2) is 4.79 Å². The number of rotatable bonds is 1. The van der Waals surface area contributed by atoms with Crippen LogP contribution in [0.1, 0.15) is 8.35 Å². The second-order valence-corrected chi connectivity index (χ2v) is 1.04. The molecule has 44 valence electrons. The molecule has 0 amide bonds. The Bertz CT molecular complexity index is 164. The van der Waals surface area contributed by atoms with Crippen LogP contribution in [-0.2, 0) is 14.3 Å². The fourth-order valence-electron chi connectivity index (χ4n) is 0.113. The molecular weight excluding hydrogens is 149 g/mol. The molecule has 0 aromatic carbocycles. The van der Waals surface area contributed by atoms with Gasteiger partial charge in [0.25, 0.3) is 6.26 Å². The van der Waals surface area contributed by atoms with Gasteiger partial charge in [-0.05, 0) is 0 Å². The molecule has 4 nitrogen and oxygen atoms in total. The summed E-state index contributed by atoms with van der Waals surface area (Å²) in [7, 11) is 0. The number of carbonyl (C=O) groups excluding carboxylic acids is 2. The van der Waals surface area contributed by atoms with E-state index in [4.69, 9.17) is 5.26 Å². The first-order valence-electron chi connectivity index (χ1n) is 1.79. The van der Waals surface area contributed by atoms with Crippen LogP contribution in [0.4, 0.5) is 0 Å². The molecule has 0 spiro atoms. The predicted octanol–water partition coefficient (Wildman–Crippen LogP) is -3.28. The van der Waals surface area contributed by atoms with Crippen molar-refractivity contribution in [3.8, 4) is 6.26 Å². The number of carbonyl (C=O) groups is 2. The van der Waals surface area contributed by atoms with Gasteiger partial charge in [-0.15, -0.1) is 5.26 Å². The maximum atomic E-state index is 9.95. The summed E-state index contributed by atoms with van der Waals surface area (Å²) in [5.74, 6) is -1.89. The topological polar surface area (TPSA) is 67.2 Å². The fourth-order valence-corrected chi connectivity index (χ4v) is 0.113. The Morgan fingerprint density at radius 2 is 2.11 bits per heavy atom. The van der Waals surface area contributed by atoms with Crippen molar-refractivity contribution < 1.29 is 67.1 Å². The normalized spacial score (nSPS) is 6.22. The van der Waals surface area contributed by atoms with E-state index in [0.29, 0.717) is 0 Å². The Labute approximate surface area is 96.1 Å². The number of nitriles is 1. The first kappa shape index (κ1) is 12.0. The Hall–Kier alpha value is 0.266. The summed E-state index contributed by atoms with van der Waals surface area (Å²) in [6.45, 7) is 1.03. The molecule has 0 aliphatic carbocycles. The predicted molar refractivity (Wildman–Crippen MR) is 23.5 cm³/mol. The second kappa shape index (κ2) is 6.39. The van der Waals surface area contributed by atoms with E-state index in [0.717, 1.165) is 13.2 Å². The van der Waals surface area contributed by atoms with Crippen molar-refractivity contribution in [1.82, 2.24) is 0 Å². The molecule has 0 saturated heterocycles. The fraction of sp³-hybridized carbons (Fsp3) is 0.250. The van der Waals surface area contributed by atoms with Gasteiger partial charge < -0.3 is 6.16 Å². The van der Waals surface area contributed by atoms with Crippen molar-refractivity contribution >= 4 is 11.8 Å². The van der Waals surface area contributed by atoms with Gasteiger partial charge >= 0.3 is 57.4 Å². The van der Waals surface area contributed by atoms with Crippen LogP contribution in [0, 0.1) is 11.5 Å². The van der Waals surface area contributed by atoms with Crippen LogP contribution in [0.25, 0.3) is 0 Å². The summed E-state index contributed by atoms with van der Waals surface area (Å²) in [6.07, 6.45) is 1.08. The first-order chi connectivity index (χ1) is 3.68. The van der Waals surface area contributed by atoms with Gasteiger partial charge in [-0.3, -0.25) is 4.79 Å². The number of hydrogen-bond donors (Lipinski definition) is 0. The molecule has 0 unspecified atom stereocenters. The average molecular weight is 153 g/mol. The molecular formula is C4H4KNO3. The van der Waals surface area contributed by atoms with Crippen molar-refractivity contribution in [2.45, 2.75) is 6.92 Å². The average Bonchev–Trinajstić information content (AvgIpc) is 1.67. The van der Waals surface area contributed by atoms with E-state index in [1.807, 2.05) is 0 Å². The third kappa shape index (κ3) is 6.15. The molecule has 0 saturated carbocycles. The summed E-state index contributed by atoms with van der Waals surface area (Å²) in [6, 6.07) is 0. The van der Waals surface area contributed by atoms with E-state index >= 15 is 0 Å². The van der Waals surface area contributed by atoms with Gasteiger partial charge in [0.1, 0.15) is 0 Å². The molecule has 0 aromatic rings. The van der Waals surface area contributed by atoms with Crippen LogP contribution in [0.2, 0.25) is 0 Å². The van der Waals surface area contributed by atoms with Gasteiger partial charge in [0, 0.05) is 6.92 Å². The minimum atomic E-state index is -1.12. The van der Waals surface area contributed by atoms with Crippen molar-refractivity contribution in [2.75, 3.05) is 0 Å². The monoisotopic (exact) mass is 153 g/mol. The van der Waals surface area contributed by atoms with E-state index in [2.05, 4.69) is 4.74 Å². The van der Waals surface area contributed by atoms with Crippen molar-refractivity contribution in [3.63, 3.8) is 0 Å². The van der Waals surface area contributed by atoms with Gasteiger partial charge in [0.2, 0.25) is 5.78 Å². The Morgan fingerprint density at radius 3 is 2.22 bits per heavy atom. The van der Waals surface area contributed by atoms with Crippen LogP contribution >= 0.6 is 0 Å². The SMILES string of the molecule is CC(=O)C(=O)OC#N.[H-].[K+]. The molecule has 0 aromatic heterocycles. The molecule has 9 heavy (non-hydrogen) atoms. The minimum Gasteiger partial charge on any atom is -1.00 e. The van der Waals surface area contributed by atoms with Crippen LogP contribution in [0.3, 0.4) is 0 Å². The molecule has 0 aliphatic heterocycles. The molecule has 0 radical (unpaired) electrons. The number of ether oxygens (including phenoxy) is 1. The van der Waals surface area contributed by atoms with Gasteiger partial charge in [-0.2, -0.15) is 0 Å². The van der Waals surface area contributed by atoms with Gasteiger partial charge in [0.05, 0.1) is 0 Å². The van der Waals surface area contributed by atoms with E-state index in [-0.39, 0.29) is 52.8 Å². The zero-order valence-electron chi connectivity index (χ0n) is 6.17. The minimum absolute atomic E-state index is 0. The van der Waals surface area contributed by atoms with Crippen LogP contribution in [0.15, 0.2) is 0 Å². The number of ketones is 1. The van der Waals surface area contributed by atoms with E-state index < -0.39 is 11.8 Å². The first-order valence-corrected chi connectivity index (χ1v) is 1.79. The molecule has 0 aliphatic rings. The van der Waals surface area contributed by atoms with Crippen molar-refractivity contribution in [3.05, 3.63) is 0 Å².